The van der Waals surface area contributed by atoms with Gasteiger partial charge in [-0.3, -0.25) is 4.79 Å². The van der Waals surface area contributed by atoms with Gasteiger partial charge in [0.2, 0.25) is 5.91 Å². The van der Waals surface area contributed by atoms with Crippen LogP contribution < -0.4 is 16.4 Å². The predicted molar refractivity (Wildman–Crippen MR) is 94.8 cm³/mol. The number of benzene rings is 2. The highest BCUT2D eigenvalue weighted by Gasteiger charge is 2.19. The number of amides is 3. The quantitative estimate of drug-likeness (QED) is 0.719. The highest BCUT2D eigenvalue weighted by Crippen LogP contribution is 2.10. The number of hydrogen-bond donors (Lipinski definition) is 3. The summed E-state index contributed by atoms with van der Waals surface area (Å²) in [5.74, 6) is -0.264. The topological polar surface area (TPSA) is 84.2 Å². The Morgan fingerprint density at radius 2 is 1.75 bits per heavy atom. The molecule has 0 saturated heterocycles. The van der Waals surface area contributed by atoms with Gasteiger partial charge in [-0.05, 0) is 29.7 Å². The maximum atomic E-state index is 12.3. The lowest BCUT2D eigenvalue weighted by Gasteiger charge is -2.17. The summed E-state index contributed by atoms with van der Waals surface area (Å²) >= 11 is 5.94. The van der Waals surface area contributed by atoms with Gasteiger partial charge in [-0.15, -0.1) is 0 Å². The van der Waals surface area contributed by atoms with Crippen LogP contribution in [-0.4, -0.2) is 24.5 Å². The molecule has 0 aliphatic heterocycles. The third kappa shape index (κ3) is 5.93. The smallest absolute Gasteiger partial charge is 0.312 e. The van der Waals surface area contributed by atoms with Gasteiger partial charge in [0.1, 0.15) is 6.04 Å². The van der Waals surface area contributed by atoms with Crippen molar-refractivity contribution in [2.75, 3.05) is 6.54 Å². The molecule has 1 atom stereocenters. The molecule has 0 aliphatic rings. The van der Waals surface area contributed by atoms with E-state index >= 15 is 0 Å². The molecule has 24 heavy (non-hydrogen) atoms. The van der Waals surface area contributed by atoms with Gasteiger partial charge in [0.15, 0.2) is 0 Å². The van der Waals surface area contributed by atoms with Crippen molar-refractivity contribution in [3.8, 4) is 0 Å². The van der Waals surface area contributed by atoms with Gasteiger partial charge in [-0.1, -0.05) is 54.1 Å². The Kier molecular flexibility index (Phi) is 6.63. The van der Waals surface area contributed by atoms with Gasteiger partial charge in [0, 0.05) is 18.0 Å². The molecule has 0 aliphatic carbocycles. The van der Waals surface area contributed by atoms with Crippen LogP contribution in [0, 0.1) is 0 Å². The molecular weight excluding hydrogens is 326 g/mol. The van der Waals surface area contributed by atoms with Crippen molar-refractivity contribution < 1.29 is 9.59 Å². The van der Waals surface area contributed by atoms with Gasteiger partial charge < -0.3 is 16.4 Å². The number of halogens is 1. The summed E-state index contributed by atoms with van der Waals surface area (Å²) in [4.78, 5) is 23.5. The Balaban J connectivity index is 1.91. The molecule has 2 aromatic rings. The van der Waals surface area contributed by atoms with Crippen LogP contribution in [0.4, 0.5) is 4.79 Å². The van der Waals surface area contributed by atoms with Crippen LogP contribution in [0.25, 0.3) is 0 Å². The summed E-state index contributed by atoms with van der Waals surface area (Å²) in [6.07, 6.45) is 1.04. The van der Waals surface area contributed by atoms with E-state index in [0.717, 1.165) is 11.1 Å². The molecule has 1 unspecified atom stereocenters. The second-order valence-corrected chi connectivity index (χ2v) is 5.86. The normalized spacial score (nSPS) is 11.5. The maximum Gasteiger partial charge on any atom is 0.312 e. The van der Waals surface area contributed by atoms with Crippen LogP contribution in [0.3, 0.4) is 0 Å². The van der Waals surface area contributed by atoms with E-state index in [4.69, 9.17) is 17.3 Å². The van der Waals surface area contributed by atoms with Gasteiger partial charge in [0.25, 0.3) is 0 Å². The number of rotatable bonds is 7. The number of primary amides is 1. The minimum atomic E-state index is -0.721. The van der Waals surface area contributed by atoms with E-state index in [0.29, 0.717) is 24.4 Å². The number of hydrogen-bond acceptors (Lipinski definition) is 2. The van der Waals surface area contributed by atoms with E-state index in [1.165, 1.54) is 0 Å². The minimum absolute atomic E-state index is 0.264. The van der Waals surface area contributed by atoms with Crippen LogP contribution >= 0.6 is 11.6 Å². The molecule has 0 bridgehead atoms. The number of urea groups is 1. The average molecular weight is 346 g/mol. The summed E-state index contributed by atoms with van der Waals surface area (Å²) in [7, 11) is 0. The Bertz CT molecular complexity index is 692. The summed E-state index contributed by atoms with van der Waals surface area (Å²) in [5, 5.41) is 5.98. The van der Waals surface area contributed by atoms with Crippen molar-refractivity contribution in [3.05, 3.63) is 70.7 Å². The average Bonchev–Trinajstić information content (AvgIpc) is 2.55. The lowest BCUT2D eigenvalue weighted by Crippen LogP contribution is -2.50. The zero-order valence-corrected chi connectivity index (χ0v) is 13.9. The van der Waals surface area contributed by atoms with E-state index in [1.54, 1.807) is 6.07 Å². The molecule has 126 valence electrons. The number of nitrogens with two attached hydrogens (primary N) is 1. The fourth-order valence-electron chi connectivity index (χ4n) is 2.38. The highest BCUT2D eigenvalue weighted by atomic mass is 35.5. The van der Waals surface area contributed by atoms with E-state index in [-0.39, 0.29) is 5.91 Å². The second kappa shape index (κ2) is 8.93. The summed E-state index contributed by atoms with van der Waals surface area (Å²) in [6.45, 7) is 0.449. The Morgan fingerprint density at radius 3 is 2.42 bits per heavy atom. The maximum absolute atomic E-state index is 12.3. The predicted octanol–water partition coefficient (Wildman–Crippen LogP) is 2.28. The molecule has 4 N–H and O–H groups in total. The molecular formula is C18H20ClN3O2. The fraction of sp³-hybridized carbons (Fsp3) is 0.222. The van der Waals surface area contributed by atoms with Crippen LogP contribution in [0.15, 0.2) is 54.6 Å². The molecule has 2 aromatic carbocycles. The van der Waals surface area contributed by atoms with Crippen molar-refractivity contribution in [2.24, 2.45) is 5.73 Å². The second-order valence-electron chi connectivity index (χ2n) is 5.42. The van der Waals surface area contributed by atoms with Crippen LogP contribution in [0.5, 0.6) is 0 Å². The lowest BCUT2D eigenvalue weighted by atomic mass is 10.1. The Hall–Kier alpha value is -2.53. The van der Waals surface area contributed by atoms with Crippen LogP contribution in [0.1, 0.15) is 11.1 Å². The molecule has 6 heteroatoms. The molecule has 3 amide bonds. The van der Waals surface area contributed by atoms with Crippen molar-refractivity contribution >= 4 is 23.5 Å². The Morgan fingerprint density at radius 1 is 1.04 bits per heavy atom. The van der Waals surface area contributed by atoms with Gasteiger partial charge >= 0.3 is 6.03 Å². The molecule has 2 rings (SSSR count). The highest BCUT2D eigenvalue weighted by molar-refractivity contribution is 6.30. The van der Waals surface area contributed by atoms with Gasteiger partial charge in [0.05, 0.1) is 0 Å². The van der Waals surface area contributed by atoms with E-state index in [2.05, 4.69) is 10.6 Å². The van der Waals surface area contributed by atoms with E-state index < -0.39 is 12.1 Å². The van der Waals surface area contributed by atoms with Gasteiger partial charge in [-0.25, -0.2) is 4.79 Å². The SMILES string of the molecule is NC(=O)NC(Cc1ccccc1)C(=O)NCCc1cccc(Cl)c1. The first-order valence-electron chi connectivity index (χ1n) is 7.66. The molecule has 5 nitrogen and oxygen atoms in total. The lowest BCUT2D eigenvalue weighted by molar-refractivity contribution is -0.122. The van der Waals surface area contributed by atoms with Crippen molar-refractivity contribution in [1.82, 2.24) is 10.6 Å². The summed E-state index contributed by atoms with van der Waals surface area (Å²) < 4.78 is 0. The van der Waals surface area contributed by atoms with Gasteiger partial charge in [-0.2, -0.15) is 0 Å². The molecule has 0 heterocycles. The number of carbonyl (C=O) groups is 2. The largest absolute Gasteiger partial charge is 0.354 e. The number of nitrogens with one attached hydrogen (secondary N) is 2. The summed E-state index contributed by atoms with van der Waals surface area (Å²) in [5.41, 5.74) is 7.15. The molecule has 0 radical (unpaired) electrons. The van der Waals surface area contributed by atoms with Crippen LogP contribution in [-0.2, 0) is 17.6 Å². The van der Waals surface area contributed by atoms with Crippen LogP contribution in [0.2, 0.25) is 5.02 Å². The minimum Gasteiger partial charge on any atom is -0.354 e. The monoisotopic (exact) mass is 345 g/mol. The first-order chi connectivity index (χ1) is 11.5. The zero-order valence-electron chi connectivity index (χ0n) is 13.2. The third-order valence-electron chi connectivity index (χ3n) is 3.52. The first-order valence-corrected chi connectivity index (χ1v) is 8.04. The fourth-order valence-corrected chi connectivity index (χ4v) is 2.59. The number of carbonyl (C=O) groups excluding carboxylic acids is 2. The van der Waals surface area contributed by atoms with Crippen molar-refractivity contribution in [1.29, 1.82) is 0 Å². The first kappa shape index (κ1) is 17.8. The standard InChI is InChI=1S/C18H20ClN3O2/c19-15-8-4-7-14(11-15)9-10-21-17(23)16(22-18(20)24)12-13-5-2-1-3-6-13/h1-8,11,16H,9-10,12H2,(H,21,23)(H3,20,22,24). The molecule has 0 fully saturated rings. The summed E-state index contributed by atoms with van der Waals surface area (Å²) in [6, 6.07) is 15.5. The van der Waals surface area contributed by atoms with Crippen molar-refractivity contribution in [3.63, 3.8) is 0 Å². The van der Waals surface area contributed by atoms with E-state index in [1.807, 2.05) is 48.5 Å². The molecule has 0 aromatic heterocycles. The molecule has 0 saturated carbocycles. The van der Waals surface area contributed by atoms with Crippen molar-refractivity contribution in [2.45, 2.75) is 18.9 Å². The Labute approximate surface area is 146 Å². The zero-order chi connectivity index (χ0) is 17.4. The van der Waals surface area contributed by atoms with E-state index in [9.17, 15) is 9.59 Å². The third-order valence-corrected chi connectivity index (χ3v) is 3.75. The molecule has 0 spiro atoms.